The smallest absolute Gasteiger partial charge is 0.321 e. The number of hydrogen-bond acceptors (Lipinski definition) is 6. The topological polar surface area (TPSA) is 114 Å². The maximum Gasteiger partial charge on any atom is 0.433 e. The van der Waals surface area contributed by atoms with E-state index < -0.39 is 17.8 Å². The zero-order chi connectivity index (χ0) is 25.2. The van der Waals surface area contributed by atoms with Crippen molar-refractivity contribution in [3.05, 3.63) is 100 Å². The number of pyridine rings is 4. The predicted molar refractivity (Wildman–Crippen MR) is 120 cm³/mol. The molecule has 0 bridgehead atoms. The molecule has 0 saturated heterocycles. The molecule has 35 heavy (non-hydrogen) atoms. The van der Waals surface area contributed by atoms with Crippen molar-refractivity contribution < 1.29 is 18.0 Å². The van der Waals surface area contributed by atoms with Crippen LogP contribution in [-0.2, 0) is 6.18 Å². The molecule has 0 aliphatic carbocycles. The molecule has 0 spiro atoms. The summed E-state index contributed by atoms with van der Waals surface area (Å²) < 4.78 is 40.0. The van der Waals surface area contributed by atoms with Gasteiger partial charge in [-0.25, -0.2) is 4.98 Å². The van der Waals surface area contributed by atoms with Crippen molar-refractivity contribution in [2.45, 2.75) is 13.1 Å². The molecule has 0 aliphatic heterocycles. The molecule has 4 rings (SSSR count). The first kappa shape index (κ1) is 23.3. The van der Waals surface area contributed by atoms with Gasteiger partial charge in [-0.1, -0.05) is 6.07 Å². The Balaban J connectivity index is 1.67. The van der Waals surface area contributed by atoms with Crippen molar-refractivity contribution in [3.8, 4) is 23.0 Å². The van der Waals surface area contributed by atoms with Crippen LogP contribution in [0.3, 0.4) is 0 Å². The molecule has 1 amide bonds. The second-order valence-corrected chi connectivity index (χ2v) is 7.35. The number of hydrogen-bond donors (Lipinski definition) is 1. The highest BCUT2D eigenvalue weighted by atomic mass is 19.4. The first-order valence-electron chi connectivity index (χ1n) is 10.1. The molecule has 4 aromatic heterocycles. The Bertz CT molecular complexity index is 1540. The number of nitrogens with zero attached hydrogens (tertiary/aromatic N) is 5. The van der Waals surface area contributed by atoms with Gasteiger partial charge in [0.05, 0.1) is 17.4 Å². The monoisotopic (exact) mass is 476 g/mol. The van der Waals surface area contributed by atoms with Crippen LogP contribution in [-0.4, -0.2) is 25.4 Å². The predicted octanol–water partition coefficient (Wildman–Crippen LogP) is 4.14. The lowest BCUT2D eigenvalue weighted by molar-refractivity contribution is -0.141. The molecule has 174 valence electrons. The van der Waals surface area contributed by atoms with Crippen LogP contribution in [0.4, 0.5) is 18.9 Å². The van der Waals surface area contributed by atoms with Crippen LogP contribution in [0.2, 0.25) is 0 Å². The first-order valence-corrected chi connectivity index (χ1v) is 10.1. The quantitative estimate of drug-likeness (QED) is 0.474. The van der Waals surface area contributed by atoms with Gasteiger partial charge in [0.1, 0.15) is 11.8 Å². The number of aromatic nitrogens is 4. The maximum atomic E-state index is 12.9. The van der Waals surface area contributed by atoms with E-state index in [1.54, 1.807) is 25.1 Å². The van der Waals surface area contributed by atoms with Gasteiger partial charge in [-0.3, -0.25) is 24.1 Å². The number of halogens is 3. The van der Waals surface area contributed by atoms with Gasteiger partial charge in [-0.2, -0.15) is 18.4 Å². The van der Waals surface area contributed by atoms with Crippen LogP contribution >= 0.6 is 0 Å². The Kier molecular flexibility index (Phi) is 6.12. The number of amides is 1. The number of anilines is 1. The van der Waals surface area contributed by atoms with Crippen LogP contribution in [0.5, 0.6) is 0 Å². The summed E-state index contributed by atoms with van der Waals surface area (Å²) >= 11 is 0. The number of rotatable bonds is 4. The third-order valence-corrected chi connectivity index (χ3v) is 5.01. The summed E-state index contributed by atoms with van der Waals surface area (Å²) in [7, 11) is 0. The minimum Gasteiger partial charge on any atom is -0.321 e. The number of carbonyl (C=O) groups is 1. The average Bonchev–Trinajstić information content (AvgIpc) is 2.85. The van der Waals surface area contributed by atoms with Gasteiger partial charge in [0.25, 0.3) is 11.5 Å². The van der Waals surface area contributed by atoms with E-state index in [9.17, 15) is 28.0 Å². The molecule has 1 N–H and O–H groups in total. The highest BCUT2D eigenvalue weighted by Gasteiger charge is 2.33. The second-order valence-electron chi connectivity index (χ2n) is 7.35. The Morgan fingerprint density at radius 3 is 2.60 bits per heavy atom. The largest absolute Gasteiger partial charge is 0.433 e. The standard InChI is InChI=1S/C24H15F3N6O2/c1-14-19(17-8-16(11-28)22(31-12-17)33-7-3-2-4-21(33)34)10-18(13-30-14)32-23(35)15-5-6-29-20(9-15)24(25,26)27/h2-10,12-13H,1H3,(H,32,35). The van der Waals surface area contributed by atoms with Gasteiger partial charge < -0.3 is 5.32 Å². The molecule has 0 aromatic carbocycles. The fraction of sp³-hybridized carbons (Fsp3) is 0.0833. The Labute approximate surface area is 196 Å². The second kappa shape index (κ2) is 9.18. The molecule has 4 aromatic rings. The van der Waals surface area contributed by atoms with E-state index in [1.165, 1.54) is 41.4 Å². The minimum atomic E-state index is -4.68. The third-order valence-electron chi connectivity index (χ3n) is 5.01. The van der Waals surface area contributed by atoms with Crippen molar-refractivity contribution in [1.29, 1.82) is 5.26 Å². The summed E-state index contributed by atoms with van der Waals surface area (Å²) in [6.07, 6.45) is 0.545. The van der Waals surface area contributed by atoms with Gasteiger partial charge >= 0.3 is 6.18 Å². The SMILES string of the molecule is Cc1ncc(NC(=O)c2ccnc(C(F)(F)F)c2)cc1-c1cnc(-n2ccccc2=O)c(C#N)c1. The van der Waals surface area contributed by atoms with E-state index in [0.717, 1.165) is 6.20 Å². The number of aryl methyl sites for hydroxylation is 1. The van der Waals surface area contributed by atoms with E-state index in [2.05, 4.69) is 20.3 Å². The highest BCUT2D eigenvalue weighted by molar-refractivity contribution is 6.04. The van der Waals surface area contributed by atoms with Crippen LogP contribution in [0.25, 0.3) is 16.9 Å². The number of carbonyl (C=O) groups excluding carboxylic acids is 1. The molecule has 0 fully saturated rings. The molecular weight excluding hydrogens is 461 g/mol. The van der Waals surface area contributed by atoms with E-state index in [4.69, 9.17) is 0 Å². The highest BCUT2D eigenvalue weighted by Crippen LogP contribution is 2.29. The first-order chi connectivity index (χ1) is 16.7. The van der Waals surface area contributed by atoms with Crippen molar-refractivity contribution in [2.75, 3.05) is 5.32 Å². The molecule has 0 saturated carbocycles. The van der Waals surface area contributed by atoms with Gasteiger partial charge in [0.15, 0.2) is 5.82 Å². The average molecular weight is 476 g/mol. The summed E-state index contributed by atoms with van der Waals surface area (Å²) in [5, 5.41) is 12.1. The summed E-state index contributed by atoms with van der Waals surface area (Å²) in [5.74, 6) is -0.612. The number of nitrogens with one attached hydrogen (secondary N) is 1. The van der Waals surface area contributed by atoms with Crippen molar-refractivity contribution in [2.24, 2.45) is 0 Å². The van der Waals surface area contributed by atoms with Crippen LogP contribution in [0.15, 0.2) is 72.0 Å². The normalized spacial score (nSPS) is 11.1. The molecule has 0 atom stereocenters. The molecule has 11 heteroatoms. The summed E-state index contributed by atoms with van der Waals surface area (Å²) in [4.78, 5) is 36.4. The van der Waals surface area contributed by atoms with Crippen LogP contribution in [0, 0.1) is 18.3 Å². The van der Waals surface area contributed by atoms with Gasteiger partial charge in [-0.05, 0) is 37.3 Å². The Morgan fingerprint density at radius 2 is 1.89 bits per heavy atom. The summed E-state index contributed by atoms with van der Waals surface area (Å²) in [6, 6.07) is 11.5. The molecular formula is C24H15F3N6O2. The number of alkyl halides is 3. The Morgan fingerprint density at radius 1 is 1.09 bits per heavy atom. The maximum absolute atomic E-state index is 12.9. The van der Waals surface area contributed by atoms with Crippen LogP contribution in [0.1, 0.15) is 27.3 Å². The van der Waals surface area contributed by atoms with E-state index in [0.29, 0.717) is 22.9 Å². The Hall–Kier alpha value is -4.85. The molecule has 4 heterocycles. The van der Waals surface area contributed by atoms with Gasteiger partial charge in [-0.15, -0.1) is 0 Å². The van der Waals surface area contributed by atoms with E-state index >= 15 is 0 Å². The van der Waals surface area contributed by atoms with Crippen molar-refractivity contribution in [1.82, 2.24) is 19.5 Å². The zero-order valence-electron chi connectivity index (χ0n) is 18.0. The van der Waals surface area contributed by atoms with Crippen molar-refractivity contribution >= 4 is 11.6 Å². The van der Waals surface area contributed by atoms with Crippen molar-refractivity contribution in [3.63, 3.8) is 0 Å². The lowest BCUT2D eigenvalue weighted by Crippen LogP contribution is -2.18. The third kappa shape index (κ3) is 4.91. The van der Waals surface area contributed by atoms with Gasteiger partial charge in [0.2, 0.25) is 0 Å². The summed E-state index contributed by atoms with van der Waals surface area (Å²) in [5.41, 5.74) is 0.200. The molecule has 8 nitrogen and oxygen atoms in total. The van der Waals surface area contributed by atoms with Gasteiger partial charge in [0, 0.05) is 47.0 Å². The number of nitriles is 1. The summed E-state index contributed by atoms with van der Waals surface area (Å²) in [6.45, 7) is 1.71. The molecule has 0 aliphatic rings. The van der Waals surface area contributed by atoms with E-state index in [1.807, 2.05) is 6.07 Å². The molecule has 0 unspecified atom stereocenters. The molecule has 0 radical (unpaired) electrons. The van der Waals surface area contributed by atoms with Crippen LogP contribution < -0.4 is 10.9 Å². The lowest BCUT2D eigenvalue weighted by Gasteiger charge is -2.12. The fourth-order valence-corrected chi connectivity index (χ4v) is 3.31. The minimum absolute atomic E-state index is 0.140. The fourth-order valence-electron chi connectivity index (χ4n) is 3.31. The lowest BCUT2D eigenvalue weighted by atomic mass is 10.0. The zero-order valence-corrected chi connectivity index (χ0v) is 18.0. The van der Waals surface area contributed by atoms with E-state index in [-0.39, 0.29) is 28.2 Å².